The first-order valence-corrected chi connectivity index (χ1v) is 6.61. The van der Waals surface area contributed by atoms with Crippen LogP contribution in [0.2, 0.25) is 5.02 Å². The van der Waals surface area contributed by atoms with Crippen LogP contribution in [-0.2, 0) is 17.6 Å². The summed E-state index contributed by atoms with van der Waals surface area (Å²) in [4.78, 5) is 22.9. The van der Waals surface area contributed by atoms with Crippen molar-refractivity contribution in [1.82, 2.24) is 0 Å². The van der Waals surface area contributed by atoms with Gasteiger partial charge in [0.2, 0.25) is 0 Å². The van der Waals surface area contributed by atoms with Crippen molar-refractivity contribution in [2.24, 2.45) is 0 Å². The molecule has 0 atom stereocenters. The lowest BCUT2D eigenvalue weighted by molar-refractivity contribution is -0.117. The summed E-state index contributed by atoms with van der Waals surface area (Å²) in [6, 6.07) is 10.2. The van der Waals surface area contributed by atoms with Gasteiger partial charge in [0.15, 0.2) is 0 Å². The average molecular weight is 307 g/mol. The van der Waals surface area contributed by atoms with Crippen molar-refractivity contribution in [1.29, 1.82) is 0 Å². The minimum Gasteiger partial charge on any atom is -0.478 e. The van der Waals surface area contributed by atoms with E-state index in [0.717, 1.165) is 0 Å². The predicted octanol–water partition coefficient (Wildman–Crippen LogP) is 3.53. The highest BCUT2D eigenvalue weighted by atomic mass is 35.5. The summed E-state index contributed by atoms with van der Waals surface area (Å²) in [5.74, 6) is -1.57. The number of aromatic carboxylic acids is 1. The molecule has 0 aliphatic heterocycles. The Morgan fingerprint density at radius 3 is 2.19 bits per heavy atom. The molecule has 108 valence electrons. The van der Waals surface area contributed by atoms with Gasteiger partial charge in [-0.15, -0.1) is 0 Å². The van der Waals surface area contributed by atoms with E-state index in [4.69, 9.17) is 16.7 Å². The van der Waals surface area contributed by atoms with E-state index in [2.05, 4.69) is 0 Å². The molecule has 0 heterocycles. The SMILES string of the molecule is O=C(Cc1ccc(F)cc1)Cc1ccc(Cl)c(C(=O)O)c1. The van der Waals surface area contributed by atoms with Gasteiger partial charge in [0, 0.05) is 12.8 Å². The molecule has 0 amide bonds. The molecular formula is C16H12ClFO3. The second-order valence-electron chi connectivity index (χ2n) is 4.64. The van der Waals surface area contributed by atoms with E-state index in [1.165, 1.54) is 24.3 Å². The molecule has 0 unspecified atom stereocenters. The van der Waals surface area contributed by atoms with Gasteiger partial charge in [-0.3, -0.25) is 4.79 Å². The molecule has 3 nitrogen and oxygen atoms in total. The van der Waals surface area contributed by atoms with Crippen LogP contribution < -0.4 is 0 Å². The van der Waals surface area contributed by atoms with E-state index in [0.29, 0.717) is 11.1 Å². The fraction of sp³-hybridized carbons (Fsp3) is 0.125. The van der Waals surface area contributed by atoms with Crippen molar-refractivity contribution in [3.05, 3.63) is 70.0 Å². The number of carboxylic acid groups (broad SMARTS) is 1. The van der Waals surface area contributed by atoms with Gasteiger partial charge < -0.3 is 5.11 Å². The maximum absolute atomic E-state index is 12.8. The van der Waals surface area contributed by atoms with Crippen LogP contribution in [0.5, 0.6) is 0 Å². The number of carbonyl (C=O) groups excluding carboxylic acids is 1. The van der Waals surface area contributed by atoms with Crippen molar-refractivity contribution >= 4 is 23.4 Å². The number of Topliss-reactive ketones (excluding diaryl/α,β-unsaturated/α-hetero) is 1. The lowest BCUT2D eigenvalue weighted by atomic mass is 10.0. The number of ketones is 1. The number of halogens is 2. The molecule has 0 aliphatic carbocycles. The highest BCUT2D eigenvalue weighted by molar-refractivity contribution is 6.33. The first-order chi connectivity index (χ1) is 9.95. The van der Waals surface area contributed by atoms with E-state index in [-0.39, 0.29) is 35.0 Å². The maximum Gasteiger partial charge on any atom is 0.337 e. The van der Waals surface area contributed by atoms with Crippen molar-refractivity contribution in [3.63, 3.8) is 0 Å². The van der Waals surface area contributed by atoms with Crippen LogP contribution in [0.4, 0.5) is 4.39 Å². The number of carboxylic acids is 1. The minimum absolute atomic E-state index is 0.0243. The van der Waals surface area contributed by atoms with Gasteiger partial charge in [-0.25, -0.2) is 9.18 Å². The number of benzene rings is 2. The highest BCUT2D eigenvalue weighted by Gasteiger charge is 2.12. The van der Waals surface area contributed by atoms with Crippen LogP contribution in [0.1, 0.15) is 21.5 Å². The normalized spacial score (nSPS) is 10.4. The number of hydrogen-bond acceptors (Lipinski definition) is 2. The molecule has 0 fully saturated rings. The van der Waals surface area contributed by atoms with Crippen molar-refractivity contribution in [3.8, 4) is 0 Å². The Hall–Kier alpha value is -2.20. The zero-order chi connectivity index (χ0) is 15.4. The van der Waals surface area contributed by atoms with Crippen LogP contribution in [0.3, 0.4) is 0 Å². The summed E-state index contributed by atoms with van der Waals surface area (Å²) in [5.41, 5.74) is 1.28. The van der Waals surface area contributed by atoms with Crippen LogP contribution in [0.25, 0.3) is 0 Å². The van der Waals surface area contributed by atoms with Gasteiger partial charge >= 0.3 is 5.97 Å². The molecular weight excluding hydrogens is 295 g/mol. The molecule has 0 saturated heterocycles. The number of carbonyl (C=O) groups is 2. The predicted molar refractivity (Wildman–Crippen MR) is 77.2 cm³/mol. The van der Waals surface area contributed by atoms with Crippen molar-refractivity contribution in [2.45, 2.75) is 12.8 Å². The fourth-order valence-corrected chi connectivity index (χ4v) is 2.16. The smallest absolute Gasteiger partial charge is 0.337 e. The highest BCUT2D eigenvalue weighted by Crippen LogP contribution is 2.18. The van der Waals surface area contributed by atoms with E-state index in [1.807, 2.05) is 0 Å². The lowest BCUT2D eigenvalue weighted by Gasteiger charge is -2.05. The summed E-state index contributed by atoms with van der Waals surface area (Å²) in [7, 11) is 0. The van der Waals surface area contributed by atoms with Crippen LogP contribution in [-0.4, -0.2) is 16.9 Å². The first kappa shape index (κ1) is 15.2. The molecule has 2 aromatic rings. The standard InChI is InChI=1S/C16H12ClFO3/c17-15-6-3-11(9-14(15)16(20)21)8-13(19)7-10-1-4-12(18)5-2-10/h1-6,9H,7-8H2,(H,20,21). The molecule has 2 rings (SSSR count). The third kappa shape index (κ3) is 4.13. The second kappa shape index (κ2) is 6.50. The van der Waals surface area contributed by atoms with Crippen LogP contribution >= 0.6 is 11.6 Å². The summed E-state index contributed by atoms with van der Waals surface area (Å²) >= 11 is 5.77. The second-order valence-corrected chi connectivity index (χ2v) is 5.05. The van der Waals surface area contributed by atoms with Crippen molar-refractivity contribution < 1.29 is 19.1 Å². The third-order valence-corrected chi connectivity index (χ3v) is 3.31. The molecule has 21 heavy (non-hydrogen) atoms. The summed E-state index contributed by atoms with van der Waals surface area (Å²) < 4.78 is 12.8. The molecule has 0 bridgehead atoms. The Kier molecular flexibility index (Phi) is 4.70. The fourth-order valence-electron chi connectivity index (χ4n) is 1.97. The van der Waals surface area contributed by atoms with Crippen LogP contribution in [0, 0.1) is 5.82 Å². The Morgan fingerprint density at radius 2 is 1.57 bits per heavy atom. The summed E-state index contributed by atoms with van der Waals surface area (Å²) in [5, 5.41) is 9.12. The van der Waals surface area contributed by atoms with Gasteiger partial charge in [-0.1, -0.05) is 29.8 Å². The van der Waals surface area contributed by atoms with Gasteiger partial charge in [0.25, 0.3) is 0 Å². The van der Waals surface area contributed by atoms with Gasteiger partial charge in [-0.05, 0) is 35.4 Å². The summed E-state index contributed by atoms with van der Waals surface area (Å²) in [6.45, 7) is 0. The minimum atomic E-state index is -1.13. The molecule has 0 spiro atoms. The molecule has 0 radical (unpaired) electrons. The quantitative estimate of drug-likeness (QED) is 0.919. The van der Waals surface area contributed by atoms with E-state index >= 15 is 0 Å². The molecule has 0 saturated carbocycles. The maximum atomic E-state index is 12.8. The first-order valence-electron chi connectivity index (χ1n) is 6.23. The summed E-state index contributed by atoms with van der Waals surface area (Å²) in [6.07, 6.45) is 0.278. The number of rotatable bonds is 5. The van der Waals surface area contributed by atoms with Crippen LogP contribution in [0.15, 0.2) is 42.5 Å². The molecule has 5 heteroatoms. The van der Waals surface area contributed by atoms with Crippen molar-refractivity contribution in [2.75, 3.05) is 0 Å². The molecule has 0 aromatic heterocycles. The van der Waals surface area contributed by atoms with Gasteiger partial charge in [0.05, 0.1) is 10.6 Å². The zero-order valence-electron chi connectivity index (χ0n) is 11.0. The Balaban J connectivity index is 2.07. The van der Waals surface area contributed by atoms with Gasteiger partial charge in [-0.2, -0.15) is 0 Å². The lowest BCUT2D eigenvalue weighted by Crippen LogP contribution is -2.08. The Morgan fingerprint density at radius 1 is 1.00 bits per heavy atom. The average Bonchev–Trinajstić information content (AvgIpc) is 2.43. The molecule has 1 N–H and O–H groups in total. The zero-order valence-corrected chi connectivity index (χ0v) is 11.7. The molecule has 0 aliphatic rings. The van der Waals surface area contributed by atoms with E-state index < -0.39 is 5.97 Å². The van der Waals surface area contributed by atoms with Gasteiger partial charge in [0.1, 0.15) is 11.6 Å². The van der Waals surface area contributed by atoms with E-state index in [1.54, 1.807) is 18.2 Å². The van der Waals surface area contributed by atoms with E-state index in [9.17, 15) is 14.0 Å². The Bertz CT molecular complexity index is 680. The Labute approximate surface area is 126 Å². The largest absolute Gasteiger partial charge is 0.478 e. The topological polar surface area (TPSA) is 54.4 Å². The number of hydrogen-bond donors (Lipinski definition) is 1. The molecule has 2 aromatic carbocycles. The third-order valence-electron chi connectivity index (χ3n) is 2.98. The monoisotopic (exact) mass is 306 g/mol.